The van der Waals surface area contributed by atoms with Gasteiger partial charge in [0.15, 0.2) is 0 Å². The first-order chi connectivity index (χ1) is 15.5. The molecule has 8 nitrogen and oxygen atoms in total. The standard InChI is InChI=1S/C22H23N5O3S2/c1-3-26(4-2)32(28,29)20-12-8-9-18(13-20)21-24-25-22(30-21)31-16-17-14-23-27(15-17)19-10-6-5-7-11-19/h5-15H,3-4,16H2,1-2H3. The molecule has 0 aliphatic rings. The second-order valence-corrected chi connectivity index (χ2v) is 9.77. The number of rotatable bonds is 9. The molecule has 4 aromatic rings. The number of hydrogen-bond acceptors (Lipinski definition) is 7. The third-order valence-electron chi connectivity index (χ3n) is 4.85. The van der Waals surface area contributed by atoms with Crippen LogP contribution in [0.5, 0.6) is 0 Å². The number of benzene rings is 2. The highest BCUT2D eigenvalue weighted by Gasteiger charge is 2.22. The van der Waals surface area contributed by atoms with Crippen molar-refractivity contribution >= 4 is 21.8 Å². The van der Waals surface area contributed by atoms with Crippen LogP contribution in [0.4, 0.5) is 0 Å². The summed E-state index contributed by atoms with van der Waals surface area (Å²) in [6.45, 7) is 4.45. The molecule has 2 heterocycles. The quantitative estimate of drug-likeness (QED) is 0.338. The van der Waals surface area contributed by atoms with Gasteiger partial charge in [-0.05, 0) is 30.3 Å². The molecular formula is C22H23N5O3S2. The maximum Gasteiger partial charge on any atom is 0.277 e. The largest absolute Gasteiger partial charge is 0.411 e. The summed E-state index contributed by atoms with van der Waals surface area (Å²) in [5.74, 6) is 0.897. The lowest BCUT2D eigenvalue weighted by atomic mass is 10.2. The number of sulfonamides is 1. The molecule has 0 saturated carbocycles. The Kier molecular flexibility index (Phi) is 6.73. The Labute approximate surface area is 191 Å². The maximum atomic E-state index is 12.8. The van der Waals surface area contributed by atoms with Crippen LogP contribution in [0.15, 0.2) is 81.5 Å². The molecule has 2 aromatic heterocycles. The van der Waals surface area contributed by atoms with Crippen molar-refractivity contribution in [2.45, 2.75) is 29.7 Å². The number of thioether (sulfide) groups is 1. The summed E-state index contributed by atoms with van der Waals surface area (Å²) in [6.07, 6.45) is 3.76. The van der Waals surface area contributed by atoms with E-state index in [1.165, 1.54) is 16.1 Å². The van der Waals surface area contributed by atoms with E-state index in [-0.39, 0.29) is 10.8 Å². The van der Waals surface area contributed by atoms with Crippen LogP contribution in [0, 0.1) is 0 Å². The van der Waals surface area contributed by atoms with Crippen LogP contribution in [0.2, 0.25) is 0 Å². The smallest absolute Gasteiger partial charge is 0.277 e. The van der Waals surface area contributed by atoms with Gasteiger partial charge in [-0.3, -0.25) is 0 Å². The molecule has 0 atom stereocenters. The van der Waals surface area contributed by atoms with Crippen LogP contribution in [0.25, 0.3) is 17.1 Å². The maximum absolute atomic E-state index is 12.8. The second-order valence-electron chi connectivity index (χ2n) is 6.91. The molecule has 0 saturated heterocycles. The fourth-order valence-electron chi connectivity index (χ4n) is 3.19. The molecule has 0 aliphatic carbocycles. The molecule has 0 unspecified atom stereocenters. The fraction of sp³-hybridized carbons (Fsp3) is 0.227. The Bertz CT molecular complexity index is 1280. The van der Waals surface area contributed by atoms with E-state index in [1.54, 1.807) is 30.5 Å². The number of para-hydroxylation sites is 1. The summed E-state index contributed by atoms with van der Waals surface area (Å²) < 4.78 is 34.6. The first-order valence-electron chi connectivity index (χ1n) is 10.2. The summed E-state index contributed by atoms with van der Waals surface area (Å²) >= 11 is 1.40. The number of hydrogen-bond donors (Lipinski definition) is 0. The van der Waals surface area contributed by atoms with Crippen molar-refractivity contribution in [2.75, 3.05) is 13.1 Å². The summed E-state index contributed by atoms with van der Waals surface area (Å²) in [5, 5.41) is 13.0. The molecule has 0 bridgehead atoms. The van der Waals surface area contributed by atoms with Crippen LogP contribution in [-0.4, -0.2) is 45.8 Å². The predicted octanol–water partition coefficient (Wildman–Crippen LogP) is 4.25. The van der Waals surface area contributed by atoms with Crippen molar-refractivity contribution in [1.29, 1.82) is 0 Å². The van der Waals surface area contributed by atoms with E-state index in [1.807, 2.05) is 55.1 Å². The van der Waals surface area contributed by atoms with Crippen molar-refractivity contribution in [2.24, 2.45) is 0 Å². The summed E-state index contributed by atoms with van der Waals surface area (Å²) in [7, 11) is -3.56. The van der Waals surface area contributed by atoms with Crippen molar-refractivity contribution in [3.8, 4) is 17.1 Å². The molecule has 4 rings (SSSR count). The highest BCUT2D eigenvalue weighted by atomic mass is 32.2. The lowest BCUT2D eigenvalue weighted by molar-refractivity contribution is 0.445. The summed E-state index contributed by atoms with van der Waals surface area (Å²) in [4.78, 5) is 0.208. The van der Waals surface area contributed by atoms with Crippen molar-refractivity contribution in [1.82, 2.24) is 24.3 Å². The summed E-state index contributed by atoms with van der Waals surface area (Å²) in [5.41, 5.74) is 2.57. The molecule has 10 heteroatoms. The molecule has 0 aliphatic heterocycles. The van der Waals surface area contributed by atoms with E-state index in [0.29, 0.717) is 29.6 Å². The van der Waals surface area contributed by atoms with Crippen molar-refractivity contribution in [3.05, 3.63) is 72.6 Å². The average molecular weight is 470 g/mol. The van der Waals surface area contributed by atoms with E-state index in [2.05, 4.69) is 15.3 Å². The van der Waals surface area contributed by atoms with Gasteiger partial charge in [0.2, 0.25) is 15.9 Å². The zero-order chi connectivity index (χ0) is 22.6. The van der Waals surface area contributed by atoms with Gasteiger partial charge in [0.05, 0.1) is 16.8 Å². The highest BCUT2D eigenvalue weighted by Crippen LogP contribution is 2.28. The molecular weight excluding hydrogens is 446 g/mol. The van der Waals surface area contributed by atoms with Crippen LogP contribution in [-0.2, 0) is 15.8 Å². The Morgan fingerprint density at radius 2 is 1.81 bits per heavy atom. The van der Waals surface area contributed by atoms with Crippen LogP contribution >= 0.6 is 11.8 Å². The first kappa shape index (κ1) is 22.3. The minimum absolute atomic E-state index is 0.208. The van der Waals surface area contributed by atoms with E-state index in [9.17, 15) is 8.42 Å². The molecule has 0 spiro atoms. The van der Waals surface area contributed by atoms with Gasteiger partial charge in [0.1, 0.15) is 0 Å². The molecule has 32 heavy (non-hydrogen) atoms. The highest BCUT2D eigenvalue weighted by molar-refractivity contribution is 7.98. The zero-order valence-corrected chi connectivity index (χ0v) is 19.4. The van der Waals surface area contributed by atoms with E-state index >= 15 is 0 Å². The van der Waals surface area contributed by atoms with Crippen LogP contribution in [0.1, 0.15) is 19.4 Å². The first-order valence-corrected chi connectivity index (χ1v) is 12.6. The minimum atomic E-state index is -3.56. The van der Waals surface area contributed by atoms with Gasteiger partial charge in [0, 0.05) is 36.2 Å². The number of aromatic nitrogens is 4. The van der Waals surface area contributed by atoms with Gasteiger partial charge in [-0.1, -0.05) is 49.9 Å². The Morgan fingerprint density at radius 3 is 2.56 bits per heavy atom. The average Bonchev–Trinajstić information content (AvgIpc) is 3.49. The van der Waals surface area contributed by atoms with Crippen LogP contribution in [0.3, 0.4) is 0 Å². The van der Waals surface area contributed by atoms with Gasteiger partial charge in [-0.2, -0.15) is 9.40 Å². The monoisotopic (exact) mass is 469 g/mol. The van der Waals surface area contributed by atoms with Gasteiger partial charge < -0.3 is 4.42 Å². The lowest BCUT2D eigenvalue weighted by Crippen LogP contribution is -2.30. The third kappa shape index (κ3) is 4.77. The van der Waals surface area contributed by atoms with E-state index in [4.69, 9.17) is 4.42 Å². The molecule has 0 amide bonds. The van der Waals surface area contributed by atoms with Crippen LogP contribution < -0.4 is 0 Å². The topological polar surface area (TPSA) is 94.1 Å². The third-order valence-corrected chi connectivity index (χ3v) is 7.79. The van der Waals surface area contributed by atoms with Gasteiger partial charge >= 0.3 is 0 Å². The predicted molar refractivity (Wildman–Crippen MR) is 123 cm³/mol. The molecule has 0 N–H and O–H groups in total. The molecule has 2 aromatic carbocycles. The molecule has 0 fully saturated rings. The van der Waals surface area contributed by atoms with Gasteiger partial charge in [-0.15, -0.1) is 10.2 Å². The molecule has 0 radical (unpaired) electrons. The van der Waals surface area contributed by atoms with Crippen molar-refractivity contribution in [3.63, 3.8) is 0 Å². The fourth-order valence-corrected chi connectivity index (χ4v) is 5.37. The minimum Gasteiger partial charge on any atom is -0.411 e. The Hall–Kier alpha value is -2.95. The lowest BCUT2D eigenvalue weighted by Gasteiger charge is -2.18. The Morgan fingerprint density at radius 1 is 1.03 bits per heavy atom. The second kappa shape index (κ2) is 9.68. The number of nitrogens with zero attached hydrogens (tertiary/aromatic N) is 5. The van der Waals surface area contributed by atoms with Gasteiger partial charge in [0.25, 0.3) is 5.22 Å². The zero-order valence-electron chi connectivity index (χ0n) is 17.7. The van der Waals surface area contributed by atoms with Crippen molar-refractivity contribution < 1.29 is 12.8 Å². The van der Waals surface area contributed by atoms with E-state index in [0.717, 1.165) is 11.3 Å². The normalized spacial score (nSPS) is 11.8. The van der Waals surface area contributed by atoms with E-state index < -0.39 is 10.0 Å². The molecule has 166 valence electrons. The SMILES string of the molecule is CCN(CC)S(=O)(=O)c1cccc(-c2nnc(SCc3cnn(-c4ccccc4)c3)o2)c1. The summed E-state index contributed by atoms with van der Waals surface area (Å²) in [6, 6.07) is 16.5. The van der Waals surface area contributed by atoms with Gasteiger partial charge in [-0.25, -0.2) is 13.1 Å². The Balaban J connectivity index is 1.46.